The minimum Gasteiger partial charge on any atom is -0.488 e. The molecule has 0 aliphatic heterocycles. The molecule has 9 heteroatoms. The molecule has 0 bridgehead atoms. The molecule has 0 aliphatic rings. The summed E-state index contributed by atoms with van der Waals surface area (Å²) in [5.41, 5.74) is 4.72. The molecule has 1 amide bonds. The van der Waals surface area contributed by atoms with E-state index in [1.54, 1.807) is 36.4 Å². The lowest BCUT2D eigenvalue weighted by atomic mass is 10.1. The van der Waals surface area contributed by atoms with Crippen LogP contribution < -0.4 is 10.2 Å². The fourth-order valence-electron chi connectivity index (χ4n) is 2.85. The molecule has 0 aliphatic carbocycles. The molecule has 0 saturated heterocycles. The summed E-state index contributed by atoms with van der Waals surface area (Å²) < 4.78 is 6.67. The van der Waals surface area contributed by atoms with E-state index >= 15 is 0 Å². The van der Waals surface area contributed by atoms with E-state index in [4.69, 9.17) is 10.00 Å². The topological polar surface area (TPSA) is 118 Å². The average molecular weight is 540 g/mol. The van der Waals surface area contributed by atoms with Gasteiger partial charge in [0.25, 0.3) is 5.69 Å². The number of nitriles is 1. The summed E-state index contributed by atoms with van der Waals surface area (Å²) in [6, 6.07) is 20.9. The highest BCUT2D eigenvalue weighted by atomic mass is 127. The van der Waals surface area contributed by atoms with Gasteiger partial charge < -0.3 is 4.74 Å². The van der Waals surface area contributed by atoms with Gasteiger partial charge in [-0.25, -0.2) is 5.43 Å². The summed E-state index contributed by atoms with van der Waals surface area (Å²) in [5.74, 6) is 0.206. The van der Waals surface area contributed by atoms with Crippen molar-refractivity contribution in [2.45, 2.75) is 13.0 Å². The van der Waals surface area contributed by atoms with Crippen LogP contribution in [0.1, 0.15) is 22.3 Å². The van der Waals surface area contributed by atoms with Crippen molar-refractivity contribution < 1.29 is 14.5 Å². The Balaban J connectivity index is 1.58. The van der Waals surface area contributed by atoms with E-state index < -0.39 is 10.8 Å². The zero-order valence-electron chi connectivity index (χ0n) is 16.7. The van der Waals surface area contributed by atoms with Crippen LogP contribution >= 0.6 is 22.6 Å². The molecule has 160 valence electrons. The first-order valence-electron chi connectivity index (χ1n) is 9.42. The third-order valence-corrected chi connectivity index (χ3v) is 5.26. The molecule has 1 N–H and O–H groups in total. The van der Waals surface area contributed by atoms with Crippen molar-refractivity contribution in [3.05, 3.63) is 103 Å². The van der Waals surface area contributed by atoms with E-state index in [1.165, 1.54) is 18.3 Å². The Bertz CT molecular complexity index is 1220. The fourth-order valence-corrected chi connectivity index (χ4v) is 3.55. The number of amides is 1. The van der Waals surface area contributed by atoms with Crippen molar-refractivity contribution in [3.63, 3.8) is 0 Å². The molecule has 3 aromatic carbocycles. The number of ether oxygens (including phenoxy) is 1. The lowest BCUT2D eigenvalue weighted by molar-refractivity contribution is -0.385. The number of para-hydroxylation sites is 1. The Morgan fingerprint density at radius 1 is 1.16 bits per heavy atom. The Hall–Kier alpha value is -3.78. The quantitative estimate of drug-likeness (QED) is 0.197. The molecule has 0 spiro atoms. The second-order valence-electron chi connectivity index (χ2n) is 6.60. The van der Waals surface area contributed by atoms with Crippen LogP contribution in [0.2, 0.25) is 0 Å². The van der Waals surface area contributed by atoms with Crippen molar-refractivity contribution in [1.29, 1.82) is 5.26 Å². The van der Waals surface area contributed by atoms with Crippen LogP contribution in [0.3, 0.4) is 0 Å². The molecule has 0 aromatic heterocycles. The summed E-state index contributed by atoms with van der Waals surface area (Å²) in [6.07, 6.45) is 1.33. The number of nitrogens with one attached hydrogen (secondary N) is 1. The van der Waals surface area contributed by atoms with Crippen molar-refractivity contribution in [2.24, 2.45) is 5.10 Å². The number of benzene rings is 3. The Morgan fingerprint density at radius 3 is 2.59 bits per heavy atom. The number of nitro benzene ring substituents is 1. The van der Waals surface area contributed by atoms with Crippen molar-refractivity contribution in [2.75, 3.05) is 0 Å². The average Bonchev–Trinajstić information content (AvgIpc) is 2.79. The molecule has 32 heavy (non-hydrogen) atoms. The van der Waals surface area contributed by atoms with Gasteiger partial charge in [0, 0.05) is 17.2 Å². The van der Waals surface area contributed by atoms with Gasteiger partial charge in [-0.3, -0.25) is 14.9 Å². The van der Waals surface area contributed by atoms with Gasteiger partial charge in [-0.05, 0) is 52.4 Å². The van der Waals surface area contributed by atoms with Crippen molar-refractivity contribution in [1.82, 2.24) is 5.43 Å². The van der Waals surface area contributed by atoms with E-state index in [9.17, 15) is 14.9 Å². The van der Waals surface area contributed by atoms with E-state index in [1.807, 2.05) is 18.2 Å². The molecule has 0 saturated carbocycles. The maximum absolute atomic E-state index is 12.1. The van der Waals surface area contributed by atoms with Crippen LogP contribution in [-0.4, -0.2) is 17.0 Å². The summed E-state index contributed by atoms with van der Waals surface area (Å²) in [6.45, 7) is 0.273. The highest BCUT2D eigenvalue weighted by molar-refractivity contribution is 14.1. The SMILES string of the molecule is N#Cc1ccccc1COc1ccc(/C=N/NC(=O)Cc2ccccc2[N+](=O)[O-])cc1I. The van der Waals surface area contributed by atoms with Crippen molar-refractivity contribution >= 4 is 40.4 Å². The molecule has 8 nitrogen and oxygen atoms in total. The van der Waals surface area contributed by atoms with Gasteiger partial charge in [-0.15, -0.1) is 0 Å². The van der Waals surface area contributed by atoms with Crippen LogP contribution in [0.15, 0.2) is 71.8 Å². The Morgan fingerprint density at radius 2 is 1.88 bits per heavy atom. The second-order valence-corrected chi connectivity index (χ2v) is 7.77. The molecule has 0 unspecified atom stereocenters. The number of hydrogen-bond donors (Lipinski definition) is 1. The maximum atomic E-state index is 12.1. The van der Waals surface area contributed by atoms with Gasteiger partial charge in [0.2, 0.25) is 5.91 Å². The summed E-state index contributed by atoms with van der Waals surface area (Å²) in [5, 5.41) is 24.1. The maximum Gasteiger partial charge on any atom is 0.273 e. The number of rotatable bonds is 8. The van der Waals surface area contributed by atoms with Crippen LogP contribution in [-0.2, 0) is 17.8 Å². The second kappa shape index (κ2) is 11.0. The highest BCUT2D eigenvalue weighted by Gasteiger charge is 2.15. The van der Waals surface area contributed by atoms with E-state index in [0.29, 0.717) is 16.9 Å². The summed E-state index contributed by atoms with van der Waals surface area (Å²) in [4.78, 5) is 22.6. The minimum absolute atomic E-state index is 0.103. The lowest BCUT2D eigenvalue weighted by Crippen LogP contribution is -2.20. The highest BCUT2D eigenvalue weighted by Crippen LogP contribution is 2.23. The third kappa shape index (κ3) is 6.12. The number of nitrogens with zero attached hydrogens (tertiary/aromatic N) is 3. The molecule has 0 radical (unpaired) electrons. The zero-order chi connectivity index (χ0) is 22.9. The zero-order valence-corrected chi connectivity index (χ0v) is 18.9. The first-order valence-corrected chi connectivity index (χ1v) is 10.5. The standard InChI is InChI=1S/C23H17IN4O4/c24-20-11-16(9-10-22(20)32-15-19-7-2-1-6-18(19)13-25)14-26-27-23(29)12-17-5-3-4-8-21(17)28(30)31/h1-11,14H,12,15H2,(H,27,29)/b26-14+. The normalized spacial score (nSPS) is 10.5. The molecule has 3 aromatic rings. The first-order chi connectivity index (χ1) is 15.5. The largest absolute Gasteiger partial charge is 0.488 e. The molecule has 0 atom stereocenters. The van der Waals surface area contributed by atoms with Crippen LogP contribution in [0.5, 0.6) is 5.75 Å². The van der Waals surface area contributed by atoms with Crippen LogP contribution in [0.25, 0.3) is 0 Å². The number of hydrazone groups is 1. The van der Waals surface area contributed by atoms with Gasteiger partial charge in [0.15, 0.2) is 0 Å². The van der Waals surface area contributed by atoms with Gasteiger partial charge in [-0.1, -0.05) is 36.4 Å². The molecular formula is C23H17IN4O4. The Labute approximate surface area is 197 Å². The molecule has 3 rings (SSSR count). The molecule has 0 heterocycles. The van der Waals surface area contributed by atoms with Gasteiger partial charge in [-0.2, -0.15) is 10.4 Å². The Kier molecular flexibility index (Phi) is 7.88. The monoisotopic (exact) mass is 540 g/mol. The third-order valence-electron chi connectivity index (χ3n) is 4.42. The van der Waals surface area contributed by atoms with Crippen LogP contribution in [0.4, 0.5) is 5.69 Å². The minimum atomic E-state index is -0.517. The lowest BCUT2D eigenvalue weighted by Gasteiger charge is -2.10. The summed E-state index contributed by atoms with van der Waals surface area (Å²) in [7, 11) is 0. The summed E-state index contributed by atoms with van der Waals surface area (Å²) >= 11 is 2.13. The fraction of sp³-hybridized carbons (Fsp3) is 0.0870. The number of nitro groups is 1. The van der Waals surface area contributed by atoms with E-state index in [2.05, 4.69) is 39.2 Å². The number of carbonyl (C=O) groups excluding carboxylic acids is 1. The number of halogens is 1. The van der Waals surface area contributed by atoms with E-state index in [0.717, 1.165) is 14.7 Å². The van der Waals surface area contributed by atoms with E-state index in [-0.39, 0.29) is 18.7 Å². The van der Waals surface area contributed by atoms with Crippen LogP contribution in [0, 0.1) is 25.0 Å². The van der Waals surface area contributed by atoms with Crippen molar-refractivity contribution in [3.8, 4) is 11.8 Å². The first kappa shape index (κ1) is 22.9. The smallest absolute Gasteiger partial charge is 0.273 e. The number of hydrogen-bond acceptors (Lipinski definition) is 6. The predicted octanol–water partition coefficient (Wildman–Crippen LogP) is 4.34. The predicted molar refractivity (Wildman–Crippen MR) is 127 cm³/mol. The van der Waals surface area contributed by atoms with Gasteiger partial charge in [0.05, 0.1) is 32.8 Å². The molecular weight excluding hydrogens is 523 g/mol. The van der Waals surface area contributed by atoms with Gasteiger partial charge in [0.1, 0.15) is 12.4 Å². The van der Waals surface area contributed by atoms with Gasteiger partial charge >= 0.3 is 0 Å². The molecule has 0 fully saturated rings. The number of carbonyl (C=O) groups is 1.